The first-order valence-electron chi connectivity index (χ1n) is 0.485. The fourth-order valence-corrected chi connectivity index (χ4v) is 0. The van der Waals surface area contributed by atoms with Crippen LogP contribution in [0.25, 0.3) is 0 Å². The van der Waals surface area contributed by atoms with E-state index in [1.54, 1.807) is 0 Å². The average Bonchev–Trinajstić information content (AvgIpc) is 0.811. The predicted octanol–water partition coefficient (Wildman–Crippen LogP) is -0.494. The fraction of sp³-hybridized carbons (Fsp3) is 0. The van der Waals surface area contributed by atoms with Crippen molar-refractivity contribution in [3.05, 3.63) is 0 Å². The van der Waals surface area contributed by atoms with Crippen molar-refractivity contribution in [2.75, 3.05) is 0 Å². The van der Waals surface area contributed by atoms with Crippen LogP contribution in [0.1, 0.15) is 0 Å². The van der Waals surface area contributed by atoms with Gasteiger partial charge in [0.15, 0.2) is 0 Å². The third-order valence-electron chi connectivity index (χ3n) is 0. The summed E-state index contributed by atoms with van der Waals surface area (Å²) in [6.07, 6.45) is 0. The molecule has 0 heterocycles. The monoisotopic (exact) mass is 262 g/mol. The summed E-state index contributed by atoms with van der Waals surface area (Å²) in [7, 11) is 4.99. The van der Waals surface area contributed by atoms with Gasteiger partial charge in [0, 0.05) is 0 Å². The zero-order chi connectivity index (χ0) is 3.58. The van der Waals surface area contributed by atoms with Gasteiger partial charge >= 0.3 is 34.8 Å². The maximum atomic E-state index is 4.99. The van der Waals surface area contributed by atoms with E-state index in [0.717, 1.165) is 0 Å². The predicted molar refractivity (Wildman–Crippen MR) is 14.2 cm³/mol. The molecule has 0 spiro atoms. The van der Waals surface area contributed by atoms with E-state index in [2.05, 4.69) is 0 Å². The third-order valence-corrected chi connectivity index (χ3v) is 0. The van der Waals surface area contributed by atoms with E-state index in [1.165, 1.54) is 0 Å². The first-order valence-corrected chi connectivity index (χ1v) is 5.92. The van der Waals surface area contributed by atoms with Crippen LogP contribution in [-0.2, 0) is 16.8 Å². The molecular weight excluding hydrogens is 259 g/mol. The molecule has 4 heteroatoms. The van der Waals surface area contributed by atoms with E-state index in [9.17, 15) is 0 Å². The molecule has 0 radical (unpaired) electrons. The van der Waals surface area contributed by atoms with Gasteiger partial charge in [-0.1, -0.05) is 0 Å². The Bertz CT molecular complexity index is 10.8. The van der Waals surface area contributed by atoms with Gasteiger partial charge in [-0.3, -0.25) is 0 Å². The zero-order valence-electron chi connectivity index (χ0n) is 1.85. The molecule has 4 N–H and O–H groups in total. The topological polar surface area (TPSA) is 52.0 Å². The first kappa shape index (κ1) is 4.90. The van der Waals surface area contributed by atoms with Crippen LogP contribution in [0.2, 0.25) is 0 Å². The van der Waals surface area contributed by atoms with Gasteiger partial charge in [-0.2, -0.15) is 0 Å². The summed E-state index contributed by atoms with van der Waals surface area (Å²) in [6.45, 7) is 0. The average molecular weight is 263 g/mol. The summed E-state index contributed by atoms with van der Waals surface area (Å²) >= 11 is -1.80. The Labute approximate surface area is 35.2 Å². The second kappa shape index (κ2) is 2.15. The second-order valence-electron chi connectivity index (χ2n) is 0.243. The molecule has 0 saturated carbocycles. The van der Waals surface area contributed by atoms with Gasteiger partial charge in [-0.25, -0.2) is 0 Å². The Hall–Kier alpha value is 0.898. The van der Waals surface area contributed by atoms with Gasteiger partial charge in [0.05, 0.1) is 0 Å². The van der Waals surface area contributed by atoms with Crippen LogP contribution in [0.3, 0.4) is 0 Å². The third kappa shape index (κ3) is 12.9. The van der Waals surface area contributed by atoms with E-state index in [0.29, 0.717) is 0 Å². The van der Waals surface area contributed by atoms with Crippen molar-refractivity contribution in [1.29, 1.82) is 0 Å². The molecule has 0 aromatic rings. The summed E-state index contributed by atoms with van der Waals surface area (Å²) in [6, 6.07) is 0. The SMILES string of the molecule is [NH2][Pt]([NH2])[Cl]. The van der Waals surface area contributed by atoms with Gasteiger partial charge in [-0.15, -0.1) is 0 Å². The molecule has 0 aliphatic heterocycles. The van der Waals surface area contributed by atoms with Crippen molar-refractivity contribution < 1.29 is 16.8 Å². The van der Waals surface area contributed by atoms with Crippen LogP contribution in [0.15, 0.2) is 0 Å². The van der Waals surface area contributed by atoms with Crippen LogP contribution in [-0.4, -0.2) is 0 Å². The maximum absolute atomic E-state index is 4.99. The second-order valence-corrected chi connectivity index (χ2v) is 4.25. The van der Waals surface area contributed by atoms with Gasteiger partial charge in [-0.05, 0) is 0 Å². The standard InChI is InChI=1S/ClH.2H2N.Pt/h1H;2*1H2;/q;2*-1;+3/p-1. The van der Waals surface area contributed by atoms with E-state index in [4.69, 9.17) is 18.0 Å². The molecule has 4 heavy (non-hydrogen) atoms. The molecule has 0 fully saturated rings. The van der Waals surface area contributed by atoms with E-state index in [1.807, 2.05) is 0 Å². The molecule has 0 amide bonds. The van der Waals surface area contributed by atoms with Gasteiger partial charge in [0.25, 0.3) is 0 Å². The Morgan fingerprint density at radius 1 is 1.50 bits per heavy atom. The molecule has 0 bridgehead atoms. The van der Waals surface area contributed by atoms with Gasteiger partial charge in [0.1, 0.15) is 0 Å². The number of nitrogens with two attached hydrogens (primary N) is 2. The summed E-state index contributed by atoms with van der Waals surface area (Å²) < 4.78 is 9.62. The molecule has 0 saturated heterocycles. The van der Waals surface area contributed by atoms with Gasteiger partial charge in [0.2, 0.25) is 0 Å². The van der Waals surface area contributed by atoms with Crippen LogP contribution >= 0.6 is 9.42 Å². The Morgan fingerprint density at radius 3 is 1.50 bits per heavy atom. The number of hydrogen-bond donors (Lipinski definition) is 2. The molecule has 0 aromatic carbocycles. The number of halogens is 1. The molecule has 0 aliphatic rings. The van der Waals surface area contributed by atoms with Crippen molar-refractivity contribution in [1.82, 2.24) is 0 Å². The molecule has 31 valence electrons. The summed E-state index contributed by atoms with van der Waals surface area (Å²) in [4.78, 5) is 0. The molecule has 0 unspecified atom stereocenters. The van der Waals surface area contributed by atoms with Crippen molar-refractivity contribution in [2.24, 2.45) is 8.58 Å². The van der Waals surface area contributed by atoms with Crippen LogP contribution in [0, 0.1) is 0 Å². The Kier molecular flexibility index (Phi) is 2.64. The zero-order valence-corrected chi connectivity index (χ0v) is 4.88. The van der Waals surface area contributed by atoms with Gasteiger partial charge < -0.3 is 0 Å². The Morgan fingerprint density at radius 2 is 1.50 bits per heavy atom. The molecule has 2 nitrogen and oxygen atoms in total. The molecule has 0 rings (SSSR count). The molecule has 0 atom stereocenters. The Balaban J connectivity index is 2.32. The van der Waals surface area contributed by atoms with E-state index >= 15 is 0 Å². The van der Waals surface area contributed by atoms with Crippen molar-refractivity contribution >= 4 is 9.42 Å². The van der Waals surface area contributed by atoms with E-state index < -0.39 is 16.8 Å². The van der Waals surface area contributed by atoms with Crippen LogP contribution in [0.4, 0.5) is 0 Å². The first-order chi connectivity index (χ1) is 1.73. The number of rotatable bonds is 0. The fourth-order valence-electron chi connectivity index (χ4n) is 0. The normalized spacial score (nSPS) is 11.2. The molecule has 0 aliphatic carbocycles. The summed E-state index contributed by atoms with van der Waals surface area (Å²) in [5.74, 6) is 0. The number of hydrogen-bond acceptors (Lipinski definition) is 2. The summed E-state index contributed by atoms with van der Waals surface area (Å²) in [5.41, 5.74) is 0. The van der Waals surface area contributed by atoms with Crippen LogP contribution in [0.5, 0.6) is 0 Å². The minimum atomic E-state index is -1.80. The summed E-state index contributed by atoms with van der Waals surface area (Å²) in [5, 5.41) is 0. The molecular formula is H4ClN2Pt. The quantitative estimate of drug-likeness (QED) is 0.619. The van der Waals surface area contributed by atoms with Crippen molar-refractivity contribution in [3.8, 4) is 0 Å². The van der Waals surface area contributed by atoms with Crippen molar-refractivity contribution in [2.45, 2.75) is 0 Å². The van der Waals surface area contributed by atoms with Crippen molar-refractivity contribution in [3.63, 3.8) is 0 Å². The van der Waals surface area contributed by atoms with Crippen LogP contribution < -0.4 is 8.58 Å². The minimum absolute atomic E-state index is 1.80. The van der Waals surface area contributed by atoms with E-state index in [-0.39, 0.29) is 0 Å². The molecule has 0 aromatic heterocycles.